The van der Waals surface area contributed by atoms with Crippen molar-refractivity contribution in [3.63, 3.8) is 0 Å². The molecule has 0 saturated heterocycles. The van der Waals surface area contributed by atoms with Gasteiger partial charge in [-0.1, -0.05) is 29.5 Å². The van der Waals surface area contributed by atoms with Crippen molar-refractivity contribution in [3.05, 3.63) is 76.9 Å². The highest BCUT2D eigenvalue weighted by atomic mass is 19.4. The van der Waals surface area contributed by atoms with E-state index in [1.54, 1.807) is 18.2 Å². The van der Waals surface area contributed by atoms with Gasteiger partial charge in [0.05, 0.1) is 18.4 Å². The number of aromatic nitrogens is 3. The van der Waals surface area contributed by atoms with E-state index >= 15 is 0 Å². The summed E-state index contributed by atoms with van der Waals surface area (Å²) in [7, 11) is 0. The summed E-state index contributed by atoms with van der Waals surface area (Å²) in [5.74, 6) is -1.64. The van der Waals surface area contributed by atoms with Crippen LogP contribution in [0, 0.1) is 5.82 Å². The fraction of sp³-hybridized carbons (Fsp3) is 0.286. The molecular formula is C21H20F4N4O2. The predicted molar refractivity (Wildman–Crippen MR) is 104 cm³/mol. The SMILES string of the molecule is CC(C)OCc1ccccc1CNC(=O)c1nnn(-c2ccc(F)cc2)c1C(F)(F)F. The van der Waals surface area contributed by atoms with Crippen molar-refractivity contribution < 1.29 is 27.1 Å². The van der Waals surface area contributed by atoms with Crippen LogP contribution in [0.15, 0.2) is 48.5 Å². The van der Waals surface area contributed by atoms with Gasteiger partial charge < -0.3 is 10.1 Å². The van der Waals surface area contributed by atoms with Gasteiger partial charge in [-0.05, 0) is 49.2 Å². The van der Waals surface area contributed by atoms with Crippen LogP contribution in [-0.4, -0.2) is 27.0 Å². The van der Waals surface area contributed by atoms with Crippen molar-refractivity contribution in [1.29, 1.82) is 0 Å². The summed E-state index contributed by atoms with van der Waals surface area (Å²) >= 11 is 0. The Hall–Kier alpha value is -3.27. The molecule has 0 spiro atoms. The normalized spacial score (nSPS) is 11.7. The number of nitrogens with one attached hydrogen (secondary N) is 1. The van der Waals surface area contributed by atoms with Crippen molar-refractivity contribution in [1.82, 2.24) is 20.3 Å². The first-order valence-electron chi connectivity index (χ1n) is 9.42. The Bertz CT molecular complexity index is 1050. The number of amides is 1. The zero-order chi connectivity index (χ0) is 22.6. The average molecular weight is 436 g/mol. The minimum atomic E-state index is -4.91. The number of ether oxygens (including phenoxy) is 1. The number of alkyl halides is 3. The quantitative estimate of drug-likeness (QED) is 0.562. The summed E-state index contributed by atoms with van der Waals surface area (Å²) in [5.41, 5.74) is -0.768. The first-order chi connectivity index (χ1) is 14.7. The summed E-state index contributed by atoms with van der Waals surface area (Å²) in [6, 6.07) is 11.3. The molecule has 0 aliphatic heterocycles. The first kappa shape index (κ1) is 22.4. The Kier molecular flexibility index (Phi) is 6.69. The molecule has 31 heavy (non-hydrogen) atoms. The highest BCUT2D eigenvalue weighted by molar-refractivity contribution is 5.93. The van der Waals surface area contributed by atoms with E-state index in [0.717, 1.165) is 29.8 Å². The van der Waals surface area contributed by atoms with Gasteiger partial charge in [-0.3, -0.25) is 4.79 Å². The van der Waals surface area contributed by atoms with Gasteiger partial charge in [0.1, 0.15) is 5.82 Å². The Balaban J connectivity index is 1.84. The zero-order valence-electron chi connectivity index (χ0n) is 16.8. The van der Waals surface area contributed by atoms with Gasteiger partial charge in [-0.25, -0.2) is 9.07 Å². The highest BCUT2D eigenvalue weighted by Gasteiger charge is 2.42. The predicted octanol–water partition coefficient (Wildman–Crippen LogP) is 4.28. The second-order valence-electron chi connectivity index (χ2n) is 6.98. The number of hydrogen-bond acceptors (Lipinski definition) is 4. The van der Waals surface area contributed by atoms with E-state index in [9.17, 15) is 22.4 Å². The van der Waals surface area contributed by atoms with Gasteiger partial charge in [-0.2, -0.15) is 13.2 Å². The Morgan fingerprint density at radius 3 is 2.35 bits per heavy atom. The summed E-state index contributed by atoms with van der Waals surface area (Å²) in [4.78, 5) is 12.5. The molecule has 0 bridgehead atoms. The molecule has 3 rings (SSSR count). The smallest absolute Gasteiger partial charge is 0.374 e. The molecule has 10 heteroatoms. The average Bonchev–Trinajstić information content (AvgIpc) is 3.17. The maximum atomic E-state index is 13.7. The molecular weight excluding hydrogens is 416 g/mol. The van der Waals surface area contributed by atoms with E-state index in [0.29, 0.717) is 16.9 Å². The van der Waals surface area contributed by atoms with Gasteiger partial charge in [-0.15, -0.1) is 5.10 Å². The van der Waals surface area contributed by atoms with E-state index in [1.165, 1.54) is 0 Å². The van der Waals surface area contributed by atoms with Crippen LogP contribution in [0.5, 0.6) is 0 Å². The number of halogens is 4. The van der Waals surface area contributed by atoms with Crippen LogP contribution in [0.25, 0.3) is 5.69 Å². The first-order valence-corrected chi connectivity index (χ1v) is 9.42. The third-order valence-electron chi connectivity index (χ3n) is 4.36. The van der Waals surface area contributed by atoms with E-state index in [1.807, 2.05) is 19.9 Å². The molecule has 1 aromatic heterocycles. The summed E-state index contributed by atoms with van der Waals surface area (Å²) in [6.07, 6.45) is -4.91. The van der Waals surface area contributed by atoms with Crippen LogP contribution in [-0.2, 0) is 24.1 Å². The molecule has 0 fully saturated rings. The largest absolute Gasteiger partial charge is 0.435 e. The molecule has 2 aromatic carbocycles. The van der Waals surface area contributed by atoms with E-state index < -0.39 is 29.3 Å². The Morgan fingerprint density at radius 2 is 1.74 bits per heavy atom. The van der Waals surface area contributed by atoms with Crippen molar-refractivity contribution in [2.24, 2.45) is 0 Å². The zero-order valence-corrected chi connectivity index (χ0v) is 16.8. The lowest BCUT2D eigenvalue weighted by Crippen LogP contribution is -2.27. The van der Waals surface area contributed by atoms with Crippen molar-refractivity contribution >= 4 is 5.91 Å². The number of benzene rings is 2. The monoisotopic (exact) mass is 436 g/mol. The van der Waals surface area contributed by atoms with Gasteiger partial charge in [0.15, 0.2) is 11.4 Å². The summed E-state index contributed by atoms with van der Waals surface area (Å²) < 4.78 is 60.3. The molecule has 0 aliphatic carbocycles. The maximum absolute atomic E-state index is 13.7. The van der Waals surface area contributed by atoms with Crippen LogP contribution >= 0.6 is 0 Å². The minimum Gasteiger partial charge on any atom is -0.374 e. The summed E-state index contributed by atoms with van der Waals surface area (Å²) in [5, 5.41) is 9.37. The van der Waals surface area contributed by atoms with Gasteiger partial charge in [0.25, 0.3) is 5.91 Å². The third kappa shape index (κ3) is 5.46. The highest BCUT2D eigenvalue weighted by Crippen LogP contribution is 2.32. The number of carbonyl (C=O) groups is 1. The van der Waals surface area contributed by atoms with Gasteiger partial charge >= 0.3 is 6.18 Å². The van der Waals surface area contributed by atoms with Crippen LogP contribution < -0.4 is 5.32 Å². The molecule has 3 aromatic rings. The standard InChI is InChI=1S/C21H20F4N4O2/c1-13(2)31-12-15-6-4-3-5-14(15)11-26-20(30)18-19(21(23,24)25)29(28-27-18)17-9-7-16(22)8-10-17/h3-10,13H,11-12H2,1-2H3,(H,26,30). The molecule has 6 nitrogen and oxygen atoms in total. The number of carbonyl (C=O) groups excluding carboxylic acids is 1. The topological polar surface area (TPSA) is 69.0 Å². The van der Waals surface area contributed by atoms with Crippen LogP contribution in [0.2, 0.25) is 0 Å². The van der Waals surface area contributed by atoms with Crippen molar-refractivity contribution in [3.8, 4) is 5.69 Å². The van der Waals surface area contributed by atoms with E-state index in [2.05, 4.69) is 15.6 Å². The lowest BCUT2D eigenvalue weighted by molar-refractivity contribution is -0.143. The van der Waals surface area contributed by atoms with Crippen molar-refractivity contribution in [2.75, 3.05) is 0 Å². The molecule has 1 heterocycles. The molecule has 0 unspecified atom stereocenters. The molecule has 0 saturated carbocycles. The molecule has 164 valence electrons. The van der Waals surface area contributed by atoms with Crippen LogP contribution in [0.1, 0.15) is 41.2 Å². The number of nitrogens with zero attached hydrogens (tertiary/aromatic N) is 3. The lowest BCUT2D eigenvalue weighted by Gasteiger charge is -2.13. The maximum Gasteiger partial charge on any atom is 0.435 e. The molecule has 0 aliphatic rings. The lowest BCUT2D eigenvalue weighted by atomic mass is 10.1. The van der Waals surface area contributed by atoms with Crippen LogP contribution in [0.4, 0.5) is 17.6 Å². The van der Waals surface area contributed by atoms with E-state index in [-0.39, 0.29) is 18.3 Å². The fourth-order valence-corrected chi connectivity index (χ4v) is 2.84. The number of rotatable bonds is 7. The molecule has 1 N–H and O–H groups in total. The van der Waals surface area contributed by atoms with Gasteiger partial charge in [0.2, 0.25) is 0 Å². The summed E-state index contributed by atoms with van der Waals surface area (Å²) in [6.45, 7) is 4.05. The molecule has 1 amide bonds. The Labute approximate surface area is 175 Å². The third-order valence-corrected chi connectivity index (χ3v) is 4.36. The molecule has 0 radical (unpaired) electrons. The Morgan fingerprint density at radius 1 is 1.10 bits per heavy atom. The van der Waals surface area contributed by atoms with Crippen LogP contribution in [0.3, 0.4) is 0 Å². The second-order valence-corrected chi connectivity index (χ2v) is 6.98. The minimum absolute atomic E-state index is 0.00140. The second kappa shape index (κ2) is 9.25. The van der Waals surface area contributed by atoms with Gasteiger partial charge in [0, 0.05) is 6.54 Å². The number of hydrogen-bond donors (Lipinski definition) is 1. The molecule has 0 atom stereocenters. The fourth-order valence-electron chi connectivity index (χ4n) is 2.84. The van der Waals surface area contributed by atoms with Crippen molar-refractivity contribution in [2.45, 2.75) is 39.3 Å². The van der Waals surface area contributed by atoms with E-state index in [4.69, 9.17) is 4.74 Å².